The van der Waals surface area contributed by atoms with Gasteiger partial charge in [0.25, 0.3) is 5.91 Å². The van der Waals surface area contributed by atoms with Crippen molar-refractivity contribution in [3.05, 3.63) is 23.8 Å². The molecular weight excluding hydrogens is 382 g/mol. The summed E-state index contributed by atoms with van der Waals surface area (Å²) in [4.78, 5) is 12.5. The van der Waals surface area contributed by atoms with Crippen LogP contribution in [0.15, 0.2) is 23.1 Å². The molecule has 1 fully saturated rings. The molecule has 26 heavy (non-hydrogen) atoms. The number of hydrogen-bond acceptors (Lipinski definition) is 6. The third kappa shape index (κ3) is 5.55. The molecule has 0 aliphatic carbocycles. The smallest absolute Gasteiger partial charge is 0.255 e. The summed E-state index contributed by atoms with van der Waals surface area (Å²) in [5.74, 6) is -0.136. The number of benzene rings is 1. The second-order valence-electron chi connectivity index (χ2n) is 6.55. The second-order valence-corrected chi connectivity index (χ2v) is 8.49. The highest BCUT2D eigenvalue weighted by atomic mass is 35.5. The zero-order chi connectivity index (χ0) is 18.7. The molecule has 1 aromatic rings. The molecule has 0 unspecified atom stereocenters. The van der Waals surface area contributed by atoms with Crippen LogP contribution in [0.25, 0.3) is 0 Å². The van der Waals surface area contributed by atoms with Crippen molar-refractivity contribution in [1.82, 2.24) is 9.62 Å². The molecule has 1 heterocycles. The van der Waals surface area contributed by atoms with Crippen LogP contribution in [0.4, 0.5) is 0 Å². The van der Waals surface area contributed by atoms with Crippen molar-refractivity contribution >= 4 is 28.3 Å². The Morgan fingerprint density at radius 3 is 2.50 bits per heavy atom. The third-order valence-corrected chi connectivity index (χ3v) is 5.62. The summed E-state index contributed by atoms with van der Waals surface area (Å²) < 4.78 is 37.2. The number of halogens is 1. The van der Waals surface area contributed by atoms with E-state index in [1.165, 1.54) is 29.6 Å². The van der Waals surface area contributed by atoms with E-state index in [-0.39, 0.29) is 42.5 Å². The van der Waals surface area contributed by atoms with E-state index in [9.17, 15) is 13.2 Å². The molecule has 0 spiro atoms. The first-order chi connectivity index (χ1) is 11.6. The van der Waals surface area contributed by atoms with Gasteiger partial charge in [-0.05, 0) is 32.0 Å². The summed E-state index contributed by atoms with van der Waals surface area (Å²) in [5, 5.41) is 2.70. The van der Waals surface area contributed by atoms with Crippen molar-refractivity contribution < 1.29 is 22.7 Å². The SMILES string of the molecule is COc1ccc(S(=O)(=O)N2CCOCC2)cc1C(=O)NCC(C)(C)N.Cl. The molecule has 148 valence electrons. The monoisotopic (exact) mass is 407 g/mol. The van der Waals surface area contributed by atoms with Crippen molar-refractivity contribution in [2.75, 3.05) is 40.0 Å². The summed E-state index contributed by atoms with van der Waals surface area (Å²) in [7, 11) is -2.27. The molecule has 1 saturated heterocycles. The first-order valence-corrected chi connectivity index (χ1v) is 9.42. The number of carbonyl (C=O) groups excluding carboxylic acids is 1. The van der Waals surface area contributed by atoms with Gasteiger partial charge in [0, 0.05) is 25.2 Å². The summed E-state index contributed by atoms with van der Waals surface area (Å²) in [5.41, 5.74) is 5.44. The zero-order valence-corrected chi connectivity index (χ0v) is 16.8. The predicted octanol–water partition coefficient (Wildman–Crippen LogP) is 0.605. The van der Waals surface area contributed by atoms with Crippen LogP contribution in [0, 0.1) is 0 Å². The Hall–Kier alpha value is -1.39. The first kappa shape index (κ1) is 22.7. The minimum atomic E-state index is -3.69. The summed E-state index contributed by atoms with van der Waals surface area (Å²) in [6, 6.07) is 4.26. The lowest BCUT2D eigenvalue weighted by Gasteiger charge is -2.26. The highest BCUT2D eigenvalue weighted by molar-refractivity contribution is 7.89. The molecule has 0 aromatic heterocycles. The average molecular weight is 408 g/mol. The molecule has 0 bridgehead atoms. The van der Waals surface area contributed by atoms with Gasteiger partial charge in [0.15, 0.2) is 0 Å². The van der Waals surface area contributed by atoms with E-state index < -0.39 is 21.5 Å². The molecule has 1 aliphatic rings. The van der Waals surface area contributed by atoms with E-state index >= 15 is 0 Å². The number of ether oxygens (including phenoxy) is 2. The van der Waals surface area contributed by atoms with Crippen LogP contribution in [0.2, 0.25) is 0 Å². The molecule has 1 amide bonds. The van der Waals surface area contributed by atoms with Gasteiger partial charge in [0.2, 0.25) is 10.0 Å². The molecule has 1 aromatic carbocycles. The van der Waals surface area contributed by atoms with Gasteiger partial charge < -0.3 is 20.5 Å². The molecule has 8 nitrogen and oxygen atoms in total. The Morgan fingerprint density at radius 2 is 1.96 bits per heavy atom. The lowest BCUT2D eigenvalue weighted by atomic mass is 10.1. The van der Waals surface area contributed by atoms with Gasteiger partial charge in [-0.15, -0.1) is 12.4 Å². The summed E-state index contributed by atoms with van der Waals surface area (Å²) in [6.07, 6.45) is 0. The standard InChI is InChI=1S/C16H25N3O5S.ClH/c1-16(2,17)11-18-15(20)13-10-12(4-5-14(13)23-3)25(21,22)19-6-8-24-9-7-19;/h4-5,10H,6-9,11,17H2,1-3H3,(H,18,20);1H. The van der Waals surface area contributed by atoms with Crippen molar-refractivity contribution in [2.45, 2.75) is 24.3 Å². The van der Waals surface area contributed by atoms with Crippen LogP contribution < -0.4 is 15.8 Å². The van der Waals surface area contributed by atoms with Crippen LogP contribution in [0.3, 0.4) is 0 Å². The lowest BCUT2D eigenvalue weighted by molar-refractivity contribution is 0.0730. The Bertz CT molecular complexity index is 728. The number of nitrogens with zero attached hydrogens (tertiary/aromatic N) is 1. The van der Waals surface area contributed by atoms with Gasteiger partial charge >= 0.3 is 0 Å². The van der Waals surface area contributed by atoms with E-state index in [0.29, 0.717) is 19.0 Å². The van der Waals surface area contributed by atoms with Crippen LogP contribution in [-0.4, -0.2) is 64.1 Å². The first-order valence-electron chi connectivity index (χ1n) is 7.98. The highest BCUT2D eigenvalue weighted by Crippen LogP contribution is 2.25. The maximum Gasteiger partial charge on any atom is 0.255 e. The topological polar surface area (TPSA) is 111 Å². The number of amides is 1. The fourth-order valence-corrected chi connectivity index (χ4v) is 3.80. The molecule has 10 heteroatoms. The van der Waals surface area contributed by atoms with E-state index in [0.717, 1.165) is 0 Å². The number of hydrogen-bond donors (Lipinski definition) is 2. The van der Waals surface area contributed by atoms with E-state index in [2.05, 4.69) is 5.32 Å². The molecule has 2 rings (SSSR count). The van der Waals surface area contributed by atoms with Crippen molar-refractivity contribution in [2.24, 2.45) is 5.73 Å². The fraction of sp³-hybridized carbons (Fsp3) is 0.562. The number of sulfonamides is 1. The van der Waals surface area contributed by atoms with Crippen molar-refractivity contribution in [3.63, 3.8) is 0 Å². The Balaban J connectivity index is 0.00000338. The number of nitrogens with two attached hydrogens (primary N) is 1. The van der Waals surface area contributed by atoms with Gasteiger partial charge in [-0.1, -0.05) is 0 Å². The predicted molar refractivity (Wildman–Crippen MR) is 100 cm³/mol. The number of nitrogens with one attached hydrogen (secondary N) is 1. The van der Waals surface area contributed by atoms with Crippen LogP contribution in [0.5, 0.6) is 5.75 Å². The minimum absolute atomic E-state index is 0. The van der Waals surface area contributed by atoms with Crippen LogP contribution in [-0.2, 0) is 14.8 Å². The van der Waals surface area contributed by atoms with E-state index in [1.54, 1.807) is 13.8 Å². The summed E-state index contributed by atoms with van der Waals surface area (Å²) >= 11 is 0. The molecular formula is C16H26ClN3O5S. The molecule has 1 aliphatic heterocycles. The number of morpholine rings is 1. The largest absolute Gasteiger partial charge is 0.496 e. The van der Waals surface area contributed by atoms with Gasteiger partial charge in [-0.3, -0.25) is 4.79 Å². The normalized spacial score (nSPS) is 15.8. The second kappa shape index (κ2) is 9.01. The average Bonchev–Trinajstić information content (AvgIpc) is 2.59. The van der Waals surface area contributed by atoms with Crippen LogP contribution >= 0.6 is 12.4 Å². The van der Waals surface area contributed by atoms with Gasteiger partial charge in [0.05, 0.1) is 30.8 Å². The molecule has 0 saturated carbocycles. The van der Waals surface area contributed by atoms with Gasteiger partial charge in [-0.2, -0.15) is 4.31 Å². The Morgan fingerprint density at radius 1 is 1.35 bits per heavy atom. The molecule has 0 atom stereocenters. The highest BCUT2D eigenvalue weighted by Gasteiger charge is 2.28. The van der Waals surface area contributed by atoms with Gasteiger partial charge in [0.1, 0.15) is 5.75 Å². The van der Waals surface area contributed by atoms with E-state index in [4.69, 9.17) is 15.2 Å². The minimum Gasteiger partial charge on any atom is -0.496 e. The quantitative estimate of drug-likeness (QED) is 0.714. The number of carbonyl (C=O) groups is 1. The molecule has 3 N–H and O–H groups in total. The van der Waals surface area contributed by atoms with E-state index in [1.807, 2.05) is 0 Å². The maximum atomic E-state index is 12.8. The molecule has 0 radical (unpaired) electrons. The Kier molecular flexibility index (Phi) is 7.85. The fourth-order valence-electron chi connectivity index (χ4n) is 2.36. The van der Waals surface area contributed by atoms with Gasteiger partial charge in [-0.25, -0.2) is 8.42 Å². The Labute approximate surface area is 160 Å². The zero-order valence-electron chi connectivity index (χ0n) is 15.1. The number of methoxy groups -OCH3 is 1. The maximum absolute atomic E-state index is 12.8. The van der Waals surface area contributed by atoms with Crippen molar-refractivity contribution in [3.8, 4) is 5.75 Å². The lowest BCUT2D eigenvalue weighted by Crippen LogP contribution is -2.45. The van der Waals surface area contributed by atoms with Crippen molar-refractivity contribution in [1.29, 1.82) is 0 Å². The third-order valence-electron chi connectivity index (χ3n) is 3.73. The number of rotatable bonds is 6. The van der Waals surface area contributed by atoms with Crippen LogP contribution in [0.1, 0.15) is 24.2 Å². The summed E-state index contributed by atoms with van der Waals surface area (Å²) in [6.45, 7) is 5.10.